The first-order chi connectivity index (χ1) is 7.43. The second kappa shape index (κ2) is 3.75. The Labute approximate surface area is 98.9 Å². The standard InChI is InChI=1S/C10H10ClNO3S/c1-7-8(11)3-2-4-9(7)12-10(13)5-6-16(12,14)15/h2-4H,5-6H2,1H3. The maximum Gasteiger partial charge on any atom is 0.242 e. The molecular formula is C10H10ClNO3S. The Morgan fingerprint density at radius 3 is 2.62 bits per heavy atom. The van der Waals surface area contributed by atoms with Gasteiger partial charge in [0.25, 0.3) is 0 Å². The van der Waals surface area contributed by atoms with Crippen LogP contribution in [0.25, 0.3) is 0 Å². The molecule has 1 aliphatic heterocycles. The van der Waals surface area contributed by atoms with Gasteiger partial charge in [-0.1, -0.05) is 17.7 Å². The lowest BCUT2D eigenvalue weighted by Crippen LogP contribution is -2.29. The molecule has 86 valence electrons. The van der Waals surface area contributed by atoms with Gasteiger partial charge in [0.2, 0.25) is 15.9 Å². The summed E-state index contributed by atoms with van der Waals surface area (Å²) in [5.74, 6) is -0.525. The van der Waals surface area contributed by atoms with Crippen LogP contribution >= 0.6 is 11.6 Å². The molecule has 1 aliphatic rings. The Balaban J connectivity index is 2.60. The minimum atomic E-state index is -3.50. The summed E-state index contributed by atoms with van der Waals surface area (Å²) in [5.41, 5.74) is 0.956. The average molecular weight is 260 g/mol. The van der Waals surface area contributed by atoms with E-state index >= 15 is 0 Å². The molecule has 2 rings (SSSR count). The first-order valence-corrected chi connectivity index (χ1v) is 6.73. The number of carbonyl (C=O) groups is 1. The van der Waals surface area contributed by atoms with E-state index in [1.165, 1.54) is 0 Å². The molecule has 0 atom stereocenters. The van der Waals surface area contributed by atoms with Gasteiger partial charge < -0.3 is 0 Å². The van der Waals surface area contributed by atoms with Gasteiger partial charge in [-0.25, -0.2) is 12.7 Å². The highest BCUT2D eigenvalue weighted by Gasteiger charge is 2.37. The third kappa shape index (κ3) is 1.70. The Morgan fingerprint density at radius 1 is 1.38 bits per heavy atom. The Hall–Kier alpha value is -1.07. The van der Waals surface area contributed by atoms with Crippen LogP contribution in [0.1, 0.15) is 12.0 Å². The van der Waals surface area contributed by atoms with Crippen LogP contribution in [0, 0.1) is 6.92 Å². The molecule has 4 nitrogen and oxygen atoms in total. The van der Waals surface area contributed by atoms with Gasteiger partial charge in [-0.3, -0.25) is 4.79 Å². The number of nitrogens with zero attached hydrogens (tertiary/aromatic N) is 1. The molecule has 0 N–H and O–H groups in total. The van der Waals surface area contributed by atoms with Crippen molar-refractivity contribution in [2.45, 2.75) is 13.3 Å². The van der Waals surface area contributed by atoms with Crippen molar-refractivity contribution >= 4 is 33.2 Å². The SMILES string of the molecule is Cc1c(Cl)cccc1N1C(=O)CCS1(=O)=O. The van der Waals surface area contributed by atoms with Crippen LogP contribution in [0.15, 0.2) is 18.2 Å². The van der Waals surface area contributed by atoms with E-state index in [2.05, 4.69) is 0 Å². The van der Waals surface area contributed by atoms with Crippen LogP contribution in [0.5, 0.6) is 0 Å². The number of amides is 1. The zero-order chi connectivity index (χ0) is 11.9. The van der Waals surface area contributed by atoms with E-state index in [0.717, 1.165) is 4.31 Å². The highest BCUT2D eigenvalue weighted by atomic mass is 35.5. The molecule has 6 heteroatoms. The number of anilines is 1. The second-order valence-electron chi connectivity index (χ2n) is 3.61. The minimum absolute atomic E-state index is 0.0360. The van der Waals surface area contributed by atoms with Crippen molar-refractivity contribution in [2.24, 2.45) is 0 Å². The highest BCUT2D eigenvalue weighted by Crippen LogP contribution is 2.31. The summed E-state index contributed by atoms with van der Waals surface area (Å²) < 4.78 is 24.3. The highest BCUT2D eigenvalue weighted by molar-refractivity contribution is 7.94. The molecule has 0 aliphatic carbocycles. The second-order valence-corrected chi connectivity index (χ2v) is 5.95. The summed E-state index contributed by atoms with van der Waals surface area (Å²) >= 11 is 5.90. The lowest BCUT2D eigenvalue weighted by molar-refractivity contribution is -0.116. The van der Waals surface area contributed by atoms with Crippen LogP contribution in [-0.4, -0.2) is 20.1 Å². The zero-order valence-corrected chi connectivity index (χ0v) is 10.2. The molecule has 0 bridgehead atoms. The number of benzene rings is 1. The third-order valence-electron chi connectivity index (χ3n) is 2.54. The fraction of sp³-hybridized carbons (Fsp3) is 0.300. The van der Waals surface area contributed by atoms with Crippen molar-refractivity contribution in [3.8, 4) is 0 Å². The van der Waals surface area contributed by atoms with E-state index in [9.17, 15) is 13.2 Å². The van der Waals surface area contributed by atoms with Crippen LogP contribution in [0.2, 0.25) is 5.02 Å². The predicted octanol–water partition coefficient (Wildman–Crippen LogP) is 1.71. The summed E-state index contributed by atoms with van der Waals surface area (Å²) in [6.07, 6.45) is 0.0360. The van der Waals surface area contributed by atoms with Crippen LogP contribution in [-0.2, 0) is 14.8 Å². The monoisotopic (exact) mass is 259 g/mol. The number of sulfonamides is 1. The normalized spacial score (nSPS) is 19.1. The zero-order valence-electron chi connectivity index (χ0n) is 8.60. The summed E-state index contributed by atoms with van der Waals surface area (Å²) in [5, 5.41) is 0.451. The molecule has 1 aromatic rings. The molecular weight excluding hydrogens is 250 g/mol. The average Bonchev–Trinajstić information content (AvgIpc) is 2.47. The number of carbonyl (C=O) groups excluding carboxylic acids is 1. The topological polar surface area (TPSA) is 54.5 Å². The molecule has 0 aromatic heterocycles. The van der Waals surface area contributed by atoms with Crippen LogP contribution in [0.4, 0.5) is 5.69 Å². The van der Waals surface area contributed by atoms with E-state index in [0.29, 0.717) is 16.3 Å². The minimum Gasteiger partial charge on any atom is -0.273 e. The first-order valence-electron chi connectivity index (χ1n) is 4.74. The number of hydrogen-bond acceptors (Lipinski definition) is 3. The molecule has 0 radical (unpaired) electrons. The lowest BCUT2D eigenvalue weighted by atomic mass is 10.2. The largest absolute Gasteiger partial charge is 0.273 e. The van der Waals surface area contributed by atoms with Gasteiger partial charge in [-0.05, 0) is 24.6 Å². The van der Waals surface area contributed by atoms with Crippen molar-refractivity contribution in [1.29, 1.82) is 0 Å². The molecule has 1 saturated heterocycles. The van der Waals surface area contributed by atoms with Gasteiger partial charge in [0.15, 0.2) is 0 Å². The van der Waals surface area contributed by atoms with Gasteiger partial charge in [0.1, 0.15) is 0 Å². The molecule has 1 heterocycles. The van der Waals surface area contributed by atoms with E-state index in [1.807, 2.05) is 0 Å². The summed E-state index contributed by atoms with van der Waals surface area (Å²) in [7, 11) is -3.50. The summed E-state index contributed by atoms with van der Waals surface area (Å²) in [6.45, 7) is 1.69. The van der Waals surface area contributed by atoms with E-state index in [1.54, 1.807) is 25.1 Å². The van der Waals surface area contributed by atoms with Crippen molar-refractivity contribution in [2.75, 3.05) is 10.1 Å². The van der Waals surface area contributed by atoms with Gasteiger partial charge in [-0.2, -0.15) is 0 Å². The van der Waals surface area contributed by atoms with E-state index in [4.69, 9.17) is 11.6 Å². The molecule has 1 fully saturated rings. The predicted molar refractivity (Wildman–Crippen MR) is 62.1 cm³/mol. The molecule has 1 amide bonds. The van der Waals surface area contributed by atoms with Gasteiger partial charge in [0.05, 0.1) is 11.4 Å². The van der Waals surface area contributed by atoms with Crippen LogP contribution < -0.4 is 4.31 Å². The van der Waals surface area contributed by atoms with E-state index < -0.39 is 15.9 Å². The Bertz CT molecular complexity index is 553. The molecule has 16 heavy (non-hydrogen) atoms. The van der Waals surface area contributed by atoms with Crippen molar-refractivity contribution in [1.82, 2.24) is 0 Å². The molecule has 0 spiro atoms. The lowest BCUT2D eigenvalue weighted by Gasteiger charge is -2.17. The van der Waals surface area contributed by atoms with Gasteiger partial charge in [0, 0.05) is 11.4 Å². The van der Waals surface area contributed by atoms with Crippen LogP contribution in [0.3, 0.4) is 0 Å². The van der Waals surface area contributed by atoms with Crippen molar-refractivity contribution in [3.63, 3.8) is 0 Å². The maximum atomic E-state index is 11.7. The third-order valence-corrected chi connectivity index (χ3v) is 4.62. The van der Waals surface area contributed by atoms with Crippen molar-refractivity contribution in [3.05, 3.63) is 28.8 Å². The maximum absolute atomic E-state index is 11.7. The fourth-order valence-electron chi connectivity index (χ4n) is 1.66. The Morgan fingerprint density at radius 2 is 2.06 bits per heavy atom. The summed E-state index contributed by atoms with van der Waals surface area (Å²) in [6, 6.07) is 4.88. The van der Waals surface area contributed by atoms with Gasteiger partial charge >= 0.3 is 0 Å². The Kier molecular flexibility index (Phi) is 2.67. The number of hydrogen-bond donors (Lipinski definition) is 0. The van der Waals surface area contributed by atoms with Gasteiger partial charge in [-0.15, -0.1) is 0 Å². The molecule has 0 unspecified atom stereocenters. The number of rotatable bonds is 1. The van der Waals surface area contributed by atoms with E-state index in [-0.39, 0.29) is 12.2 Å². The van der Waals surface area contributed by atoms with Crippen molar-refractivity contribution < 1.29 is 13.2 Å². The molecule has 0 saturated carbocycles. The number of halogens is 1. The quantitative estimate of drug-likeness (QED) is 0.772. The first kappa shape index (κ1) is 11.4. The smallest absolute Gasteiger partial charge is 0.242 e. The molecule has 1 aromatic carbocycles. The fourth-order valence-corrected chi connectivity index (χ4v) is 3.35. The summed E-state index contributed by atoms with van der Waals surface area (Å²) in [4.78, 5) is 11.6.